The number of hydrogen-bond donors (Lipinski definition) is 1. The first-order chi connectivity index (χ1) is 24.7. The molecule has 1 fully saturated rings. The second-order valence-corrected chi connectivity index (χ2v) is 14.5. The molecule has 3 nitrogen and oxygen atoms in total. The Morgan fingerprint density at radius 2 is 1.48 bits per heavy atom. The summed E-state index contributed by atoms with van der Waals surface area (Å²) in [5, 5.41) is 6.39. The molecule has 0 spiro atoms. The van der Waals surface area contributed by atoms with Gasteiger partial charge >= 0.3 is 0 Å². The van der Waals surface area contributed by atoms with Crippen LogP contribution in [0, 0.1) is 18.8 Å². The second-order valence-electron chi connectivity index (χ2n) is 14.5. The van der Waals surface area contributed by atoms with Crippen LogP contribution in [0.5, 0.6) is 0 Å². The molecule has 1 aliphatic heterocycles. The van der Waals surface area contributed by atoms with Gasteiger partial charge in [0.05, 0.1) is 33.9 Å². The number of nitrogens with zero attached hydrogens (tertiary/aromatic N) is 2. The number of hydrogen-bond acceptors (Lipinski definition) is 2. The summed E-state index contributed by atoms with van der Waals surface area (Å²) < 4.78 is 2.50. The van der Waals surface area contributed by atoms with Gasteiger partial charge in [-0.1, -0.05) is 121 Å². The summed E-state index contributed by atoms with van der Waals surface area (Å²) in [6.07, 6.45) is 10.4. The summed E-state index contributed by atoms with van der Waals surface area (Å²) in [6, 6.07) is 49.6. The van der Waals surface area contributed by atoms with Crippen LogP contribution >= 0.6 is 0 Å². The normalized spacial score (nSPS) is 22.8. The number of allylic oxidation sites excluding steroid dienone is 3. The van der Waals surface area contributed by atoms with Crippen LogP contribution in [-0.4, -0.2) is 15.6 Å². The van der Waals surface area contributed by atoms with Crippen LogP contribution in [0.15, 0.2) is 163 Å². The lowest BCUT2D eigenvalue weighted by Gasteiger charge is -2.34. The molecule has 50 heavy (non-hydrogen) atoms. The molecular formula is C47H35N3. The molecule has 3 heterocycles. The van der Waals surface area contributed by atoms with E-state index in [9.17, 15) is 0 Å². The fourth-order valence-corrected chi connectivity index (χ4v) is 9.33. The molecular weight excluding hydrogens is 607 g/mol. The van der Waals surface area contributed by atoms with Gasteiger partial charge in [-0.05, 0) is 101 Å². The topological polar surface area (TPSA) is 29.9 Å². The molecule has 11 rings (SSSR count). The number of fused-ring (bicyclic) bond motifs is 7. The minimum atomic E-state index is -0.464. The van der Waals surface area contributed by atoms with Crippen molar-refractivity contribution in [2.24, 2.45) is 11.8 Å². The number of rotatable bonds is 5. The molecule has 3 unspecified atom stereocenters. The number of para-hydroxylation sites is 1. The van der Waals surface area contributed by atoms with E-state index in [-0.39, 0.29) is 6.04 Å². The number of aryl methyl sites for hydroxylation is 1. The first kappa shape index (κ1) is 28.0. The maximum Gasteiger partial charge on any atom is 0.0861 e. The highest BCUT2D eigenvalue weighted by Gasteiger charge is 2.49. The van der Waals surface area contributed by atoms with Crippen molar-refractivity contribution in [2.45, 2.75) is 24.8 Å². The minimum Gasteiger partial charge on any atom is -0.373 e. The predicted molar refractivity (Wildman–Crippen MR) is 205 cm³/mol. The van der Waals surface area contributed by atoms with E-state index in [4.69, 9.17) is 4.98 Å². The molecule has 238 valence electrons. The van der Waals surface area contributed by atoms with Crippen molar-refractivity contribution < 1.29 is 0 Å². The second kappa shape index (κ2) is 10.3. The van der Waals surface area contributed by atoms with Crippen LogP contribution in [0.4, 0.5) is 0 Å². The lowest BCUT2D eigenvalue weighted by atomic mass is 9.67. The van der Waals surface area contributed by atoms with E-state index in [0.717, 1.165) is 23.2 Å². The van der Waals surface area contributed by atoms with Crippen LogP contribution in [0.1, 0.15) is 39.9 Å². The van der Waals surface area contributed by atoms with Gasteiger partial charge in [0.25, 0.3) is 0 Å². The maximum atomic E-state index is 4.78. The van der Waals surface area contributed by atoms with E-state index in [1.54, 1.807) is 0 Å². The molecule has 4 aliphatic rings. The Morgan fingerprint density at radius 3 is 2.32 bits per heavy atom. The van der Waals surface area contributed by atoms with Crippen LogP contribution in [0.25, 0.3) is 44.3 Å². The first-order valence-electron chi connectivity index (χ1n) is 17.8. The summed E-state index contributed by atoms with van der Waals surface area (Å²) in [5.74, 6) is 1.49. The molecule has 5 aromatic carbocycles. The van der Waals surface area contributed by atoms with E-state index in [1.165, 1.54) is 78.4 Å². The Bertz CT molecular complexity index is 2620. The van der Waals surface area contributed by atoms with Gasteiger partial charge in [-0.25, -0.2) is 0 Å². The minimum absolute atomic E-state index is 0.141. The van der Waals surface area contributed by atoms with Crippen molar-refractivity contribution in [1.82, 2.24) is 14.9 Å². The van der Waals surface area contributed by atoms with Crippen molar-refractivity contribution >= 4 is 33.2 Å². The Labute approximate surface area is 291 Å². The van der Waals surface area contributed by atoms with E-state index in [2.05, 4.69) is 162 Å². The van der Waals surface area contributed by atoms with E-state index in [0.29, 0.717) is 0 Å². The number of aromatic nitrogens is 2. The lowest BCUT2D eigenvalue weighted by molar-refractivity contribution is 0.678. The van der Waals surface area contributed by atoms with E-state index >= 15 is 0 Å². The number of pyridine rings is 1. The van der Waals surface area contributed by atoms with E-state index < -0.39 is 5.41 Å². The van der Waals surface area contributed by atoms with Crippen molar-refractivity contribution in [3.63, 3.8) is 0 Å². The summed E-state index contributed by atoms with van der Waals surface area (Å²) >= 11 is 0. The third kappa shape index (κ3) is 3.83. The van der Waals surface area contributed by atoms with Crippen LogP contribution in [0.3, 0.4) is 0 Å². The molecule has 3 heteroatoms. The van der Waals surface area contributed by atoms with Crippen LogP contribution in [-0.2, 0) is 5.41 Å². The highest BCUT2D eigenvalue weighted by Crippen LogP contribution is 2.58. The fraction of sp³-hybridized carbons (Fsp3) is 0.128. The summed E-state index contributed by atoms with van der Waals surface area (Å²) in [5.41, 5.74) is 15.8. The van der Waals surface area contributed by atoms with Gasteiger partial charge in [0, 0.05) is 22.7 Å². The number of dihydropyridines is 1. The van der Waals surface area contributed by atoms with Crippen LogP contribution < -0.4 is 5.32 Å². The molecule has 0 saturated heterocycles. The molecule has 4 atom stereocenters. The number of benzene rings is 5. The molecule has 2 aromatic heterocycles. The average molecular weight is 642 g/mol. The molecule has 1 saturated carbocycles. The lowest BCUT2D eigenvalue weighted by Crippen LogP contribution is -2.34. The molecule has 0 radical (unpaired) electrons. The van der Waals surface area contributed by atoms with E-state index in [1.807, 2.05) is 12.3 Å². The van der Waals surface area contributed by atoms with Gasteiger partial charge in [-0.15, -0.1) is 0 Å². The average Bonchev–Trinajstić information content (AvgIpc) is 3.55. The number of nitrogens with one attached hydrogen (secondary N) is 1. The van der Waals surface area contributed by atoms with Crippen molar-refractivity contribution in [3.05, 3.63) is 197 Å². The smallest absolute Gasteiger partial charge is 0.0861 e. The Morgan fingerprint density at radius 1 is 0.680 bits per heavy atom. The predicted octanol–water partition coefficient (Wildman–Crippen LogP) is 10.3. The van der Waals surface area contributed by atoms with Gasteiger partial charge in [-0.2, -0.15) is 0 Å². The zero-order chi connectivity index (χ0) is 33.0. The van der Waals surface area contributed by atoms with Gasteiger partial charge in [0.15, 0.2) is 0 Å². The Hall–Kier alpha value is -5.93. The van der Waals surface area contributed by atoms with Crippen molar-refractivity contribution in [1.29, 1.82) is 0 Å². The molecule has 1 N–H and O–H groups in total. The fourth-order valence-electron chi connectivity index (χ4n) is 9.33. The summed E-state index contributed by atoms with van der Waals surface area (Å²) in [6.45, 7) is 2.20. The van der Waals surface area contributed by atoms with Crippen molar-refractivity contribution in [2.75, 3.05) is 0 Å². The monoisotopic (exact) mass is 641 g/mol. The largest absolute Gasteiger partial charge is 0.373 e. The Kier molecular flexibility index (Phi) is 5.75. The van der Waals surface area contributed by atoms with Crippen LogP contribution in [0.2, 0.25) is 0 Å². The van der Waals surface area contributed by atoms with Gasteiger partial charge < -0.3 is 9.88 Å². The molecule has 0 bridgehead atoms. The summed E-state index contributed by atoms with van der Waals surface area (Å²) in [4.78, 5) is 4.78. The van der Waals surface area contributed by atoms with Gasteiger partial charge in [-0.3, -0.25) is 4.98 Å². The molecule has 0 amide bonds. The maximum absolute atomic E-state index is 4.78. The summed E-state index contributed by atoms with van der Waals surface area (Å²) in [7, 11) is 0. The first-order valence-corrected chi connectivity index (χ1v) is 17.8. The van der Waals surface area contributed by atoms with Crippen molar-refractivity contribution in [3.8, 4) is 11.1 Å². The standard InChI is InChI=1S/C47H35N3/c1-29-18-21-41-38(23-29)34-13-5-7-15-40(34)47(41,31-11-3-2-4-12-31)32-19-20-36-35-14-6-8-17-45(35)50(46(36)26-32)33-27-43(39-25-30-24-37(30)39)49-44(28-33)42-16-9-10-22-48-42/h2-23,25-28,30,37,43,49H,24H2,1H3/t30?,37-,43?,47?/m1/s1. The third-order valence-electron chi connectivity index (χ3n) is 11.7. The zero-order valence-corrected chi connectivity index (χ0v) is 27.8. The highest BCUT2D eigenvalue weighted by atomic mass is 15.0. The SMILES string of the molecule is Cc1ccc2c(c1)-c1ccccc1C2(c1ccccc1)c1ccc2c3ccccc3n(C3=CC(C4=CC5C[C@@H]45)NC(c4ccccn4)=C3)c2c1. The van der Waals surface area contributed by atoms with Gasteiger partial charge in [0.2, 0.25) is 0 Å². The third-order valence-corrected chi connectivity index (χ3v) is 11.7. The molecule has 7 aromatic rings. The van der Waals surface area contributed by atoms with Gasteiger partial charge in [0.1, 0.15) is 0 Å². The Balaban J connectivity index is 1.21. The molecule has 3 aliphatic carbocycles. The quantitative estimate of drug-likeness (QED) is 0.190. The zero-order valence-electron chi connectivity index (χ0n) is 27.8. The highest BCUT2D eigenvalue weighted by molar-refractivity contribution is 6.11.